The first-order valence-electron chi connectivity index (χ1n) is 5.52. The Labute approximate surface area is 85.6 Å². The van der Waals surface area contributed by atoms with E-state index in [9.17, 15) is 0 Å². The first-order chi connectivity index (χ1) is 6.71. The van der Waals surface area contributed by atoms with Crippen molar-refractivity contribution in [1.29, 1.82) is 0 Å². The standard InChI is InChI=1S/C14H16/c1-10-8-11(2)13-12(9-10)4-7-14(13)5-3-6-14/h4,7-9H,3,5-6H2,1-2H3. The Balaban J connectivity index is 2.23. The van der Waals surface area contributed by atoms with E-state index in [1.165, 1.54) is 36.0 Å². The van der Waals surface area contributed by atoms with Gasteiger partial charge in [-0.15, -0.1) is 0 Å². The Bertz CT molecular complexity index is 420. The minimum atomic E-state index is 0.452. The third kappa shape index (κ3) is 0.890. The fourth-order valence-electron chi connectivity index (χ4n) is 3.12. The fraction of sp³-hybridized carbons (Fsp3) is 0.429. The van der Waals surface area contributed by atoms with Crippen molar-refractivity contribution in [1.82, 2.24) is 0 Å². The van der Waals surface area contributed by atoms with Crippen molar-refractivity contribution >= 4 is 6.08 Å². The fourth-order valence-corrected chi connectivity index (χ4v) is 3.12. The highest BCUT2D eigenvalue weighted by Crippen LogP contribution is 2.51. The molecule has 14 heavy (non-hydrogen) atoms. The summed E-state index contributed by atoms with van der Waals surface area (Å²) in [5.41, 5.74) is 6.43. The van der Waals surface area contributed by atoms with E-state index in [1.54, 1.807) is 5.56 Å². The lowest BCUT2D eigenvalue weighted by Gasteiger charge is -2.39. The minimum absolute atomic E-state index is 0.452. The Morgan fingerprint density at radius 1 is 1.14 bits per heavy atom. The lowest BCUT2D eigenvalue weighted by atomic mass is 9.65. The van der Waals surface area contributed by atoms with E-state index >= 15 is 0 Å². The molecule has 0 amide bonds. The average Bonchev–Trinajstić information content (AvgIpc) is 2.42. The quantitative estimate of drug-likeness (QED) is 0.576. The van der Waals surface area contributed by atoms with Crippen LogP contribution in [0, 0.1) is 13.8 Å². The maximum Gasteiger partial charge on any atom is 0.0144 e. The second-order valence-electron chi connectivity index (χ2n) is 4.89. The summed E-state index contributed by atoms with van der Waals surface area (Å²) in [6.07, 6.45) is 8.89. The van der Waals surface area contributed by atoms with E-state index in [0.717, 1.165) is 0 Å². The number of hydrogen-bond acceptors (Lipinski definition) is 0. The molecule has 2 aliphatic rings. The van der Waals surface area contributed by atoms with Crippen molar-refractivity contribution < 1.29 is 0 Å². The zero-order valence-corrected chi connectivity index (χ0v) is 8.93. The van der Waals surface area contributed by atoms with Gasteiger partial charge in [0.25, 0.3) is 0 Å². The predicted octanol–water partition coefficient (Wildman–Crippen LogP) is 3.75. The third-order valence-electron chi connectivity index (χ3n) is 3.84. The molecular weight excluding hydrogens is 168 g/mol. The topological polar surface area (TPSA) is 0 Å². The van der Waals surface area contributed by atoms with Crippen LogP contribution in [-0.2, 0) is 5.41 Å². The van der Waals surface area contributed by atoms with Gasteiger partial charge in [0.15, 0.2) is 0 Å². The van der Waals surface area contributed by atoms with Gasteiger partial charge in [0.1, 0.15) is 0 Å². The van der Waals surface area contributed by atoms with Crippen LogP contribution in [0.5, 0.6) is 0 Å². The summed E-state index contributed by atoms with van der Waals surface area (Å²) in [6.45, 7) is 4.45. The van der Waals surface area contributed by atoms with Crippen LogP contribution in [0.3, 0.4) is 0 Å². The van der Waals surface area contributed by atoms with Gasteiger partial charge < -0.3 is 0 Å². The van der Waals surface area contributed by atoms with Gasteiger partial charge in [-0.05, 0) is 43.4 Å². The smallest absolute Gasteiger partial charge is 0.0144 e. The maximum absolute atomic E-state index is 2.44. The van der Waals surface area contributed by atoms with Gasteiger partial charge in [0.2, 0.25) is 0 Å². The van der Waals surface area contributed by atoms with Crippen molar-refractivity contribution in [2.45, 2.75) is 38.5 Å². The number of fused-ring (bicyclic) bond motifs is 2. The molecule has 0 N–H and O–H groups in total. The van der Waals surface area contributed by atoms with Crippen LogP contribution in [0.2, 0.25) is 0 Å². The van der Waals surface area contributed by atoms with Crippen molar-refractivity contribution in [3.05, 3.63) is 40.5 Å². The van der Waals surface area contributed by atoms with Crippen molar-refractivity contribution in [2.75, 3.05) is 0 Å². The first-order valence-corrected chi connectivity index (χ1v) is 5.52. The van der Waals surface area contributed by atoms with E-state index in [1.807, 2.05) is 0 Å². The average molecular weight is 184 g/mol. The molecule has 0 aromatic heterocycles. The van der Waals surface area contributed by atoms with Crippen molar-refractivity contribution in [2.24, 2.45) is 0 Å². The molecule has 1 fully saturated rings. The second kappa shape index (κ2) is 2.50. The molecule has 2 aliphatic carbocycles. The van der Waals surface area contributed by atoms with Crippen LogP contribution in [0.4, 0.5) is 0 Å². The van der Waals surface area contributed by atoms with Crippen LogP contribution < -0.4 is 0 Å². The zero-order chi connectivity index (χ0) is 9.76. The molecular formula is C14H16. The summed E-state index contributed by atoms with van der Waals surface area (Å²) in [5.74, 6) is 0. The van der Waals surface area contributed by atoms with E-state index in [-0.39, 0.29) is 0 Å². The summed E-state index contributed by atoms with van der Waals surface area (Å²) in [7, 11) is 0. The number of rotatable bonds is 0. The van der Waals surface area contributed by atoms with Gasteiger partial charge >= 0.3 is 0 Å². The van der Waals surface area contributed by atoms with Gasteiger partial charge in [-0.1, -0.05) is 36.3 Å². The molecule has 1 spiro atoms. The lowest BCUT2D eigenvalue weighted by Crippen LogP contribution is -2.31. The molecule has 72 valence electrons. The molecule has 1 saturated carbocycles. The van der Waals surface area contributed by atoms with Gasteiger partial charge in [-0.2, -0.15) is 0 Å². The summed E-state index contributed by atoms with van der Waals surface area (Å²) in [5, 5.41) is 0. The number of benzene rings is 1. The second-order valence-corrected chi connectivity index (χ2v) is 4.89. The van der Waals surface area contributed by atoms with Gasteiger partial charge in [-0.25, -0.2) is 0 Å². The summed E-state index contributed by atoms with van der Waals surface area (Å²) in [6, 6.07) is 4.65. The van der Waals surface area contributed by atoms with Crippen molar-refractivity contribution in [3.8, 4) is 0 Å². The zero-order valence-electron chi connectivity index (χ0n) is 8.93. The molecule has 0 aliphatic heterocycles. The van der Waals surface area contributed by atoms with Gasteiger partial charge in [0, 0.05) is 5.41 Å². The first kappa shape index (κ1) is 8.28. The number of aryl methyl sites for hydroxylation is 2. The number of allylic oxidation sites excluding steroid dienone is 1. The Morgan fingerprint density at radius 2 is 1.93 bits per heavy atom. The summed E-state index contributed by atoms with van der Waals surface area (Å²) >= 11 is 0. The lowest BCUT2D eigenvalue weighted by molar-refractivity contribution is 0.318. The predicted molar refractivity (Wildman–Crippen MR) is 60.5 cm³/mol. The molecule has 0 nitrogen and oxygen atoms in total. The molecule has 0 heterocycles. The van der Waals surface area contributed by atoms with Crippen LogP contribution in [0.15, 0.2) is 18.2 Å². The Kier molecular flexibility index (Phi) is 1.48. The van der Waals surface area contributed by atoms with Crippen molar-refractivity contribution in [3.63, 3.8) is 0 Å². The van der Waals surface area contributed by atoms with E-state index in [0.29, 0.717) is 5.41 Å². The Morgan fingerprint density at radius 3 is 2.57 bits per heavy atom. The molecule has 0 saturated heterocycles. The highest BCUT2D eigenvalue weighted by Gasteiger charge is 2.41. The summed E-state index contributed by atoms with van der Waals surface area (Å²) in [4.78, 5) is 0. The Hall–Kier alpha value is -1.04. The molecule has 1 aromatic rings. The van der Waals surface area contributed by atoms with E-state index in [2.05, 4.69) is 38.1 Å². The molecule has 1 aromatic carbocycles. The highest BCUT2D eigenvalue weighted by molar-refractivity contribution is 5.68. The van der Waals surface area contributed by atoms with E-state index in [4.69, 9.17) is 0 Å². The maximum atomic E-state index is 2.44. The largest absolute Gasteiger partial charge is 0.0733 e. The molecule has 0 heteroatoms. The highest BCUT2D eigenvalue weighted by atomic mass is 14.4. The van der Waals surface area contributed by atoms with Crippen LogP contribution in [0.1, 0.15) is 41.5 Å². The molecule has 0 unspecified atom stereocenters. The van der Waals surface area contributed by atoms with Crippen LogP contribution in [0.25, 0.3) is 6.08 Å². The van der Waals surface area contributed by atoms with E-state index < -0.39 is 0 Å². The molecule has 0 atom stereocenters. The minimum Gasteiger partial charge on any atom is -0.0733 e. The van der Waals surface area contributed by atoms with Crippen LogP contribution in [-0.4, -0.2) is 0 Å². The third-order valence-corrected chi connectivity index (χ3v) is 3.84. The molecule has 3 rings (SSSR count). The number of hydrogen-bond donors (Lipinski definition) is 0. The monoisotopic (exact) mass is 184 g/mol. The molecule has 0 bridgehead atoms. The van der Waals surface area contributed by atoms with Gasteiger partial charge in [-0.3, -0.25) is 0 Å². The van der Waals surface area contributed by atoms with Gasteiger partial charge in [0.05, 0.1) is 0 Å². The summed E-state index contributed by atoms with van der Waals surface area (Å²) < 4.78 is 0. The normalized spacial score (nSPS) is 21.0. The van der Waals surface area contributed by atoms with Crippen LogP contribution >= 0.6 is 0 Å². The SMILES string of the molecule is Cc1cc(C)c2c(c1)C=CC21CCC1. The molecule has 0 radical (unpaired) electrons.